The van der Waals surface area contributed by atoms with Crippen molar-refractivity contribution in [3.05, 3.63) is 52.3 Å². The molecule has 3 nitrogen and oxygen atoms in total. The van der Waals surface area contributed by atoms with Gasteiger partial charge in [0.25, 0.3) is 0 Å². The third-order valence-electron chi connectivity index (χ3n) is 4.27. The number of aryl methyl sites for hydroxylation is 1. The lowest BCUT2D eigenvalue weighted by atomic mass is 9.83. The van der Waals surface area contributed by atoms with Crippen LogP contribution in [0.25, 0.3) is 5.69 Å². The average Bonchev–Trinajstić information content (AvgIpc) is 2.80. The maximum absolute atomic E-state index is 12.6. The number of benzene rings is 1. The second-order valence-electron chi connectivity index (χ2n) is 5.96. The van der Waals surface area contributed by atoms with Gasteiger partial charge in [0.15, 0.2) is 5.78 Å². The molecule has 1 aromatic carbocycles. The van der Waals surface area contributed by atoms with E-state index in [1.807, 2.05) is 37.3 Å². The normalized spacial score (nSPS) is 17.4. The van der Waals surface area contributed by atoms with Crippen molar-refractivity contribution in [2.75, 3.05) is 0 Å². The van der Waals surface area contributed by atoms with E-state index in [1.54, 1.807) is 6.92 Å². The van der Waals surface area contributed by atoms with Crippen LogP contribution in [0.4, 0.5) is 0 Å². The van der Waals surface area contributed by atoms with Crippen molar-refractivity contribution < 1.29 is 9.59 Å². The van der Waals surface area contributed by atoms with Gasteiger partial charge in [-0.3, -0.25) is 4.79 Å². The molecule has 1 unspecified atom stereocenters. The van der Waals surface area contributed by atoms with Crippen molar-refractivity contribution in [3.63, 3.8) is 0 Å². The Morgan fingerprint density at radius 1 is 1.32 bits per heavy atom. The van der Waals surface area contributed by atoms with Crippen LogP contribution in [0, 0.1) is 12.8 Å². The number of hydrogen-bond acceptors (Lipinski definition) is 2. The molecule has 1 aliphatic rings. The largest absolute Gasteiger partial charge is 0.317 e. The number of carbonyl (C=O) groups is 2. The molecular weight excluding hydrogens is 298 g/mol. The van der Waals surface area contributed by atoms with Gasteiger partial charge in [-0.2, -0.15) is 0 Å². The van der Waals surface area contributed by atoms with Crippen LogP contribution in [-0.2, 0) is 11.2 Å². The topological polar surface area (TPSA) is 39.1 Å². The second-order valence-corrected chi connectivity index (χ2v) is 6.40. The van der Waals surface area contributed by atoms with Crippen LogP contribution in [0.1, 0.15) is 41.5 Å². The summed E-state index contributed by atoms with van der Waals surface area (Å²) in [5.74, 6) is 0.0217. The Labute approximate surface area is 134 Å². The number of nitrogens with zero attached hydrogens (tertiary/aromatic N) is 1. The number of ketones is 2. The van der Waals surface area contributed by atoms with Gasteiger partial charge in [-0.1, -0.05) is 11.6 Å². The summed E-state index contributed by atoms with van der Waals surface area (Å²) in [6.07, 6.45) is 1.90. The molecule has 0 spiro atoms. The number of Topliss-reactive ketones (excluding diaryl/α,β-unsaturated/α-hetero) is 2. The number of fused-ring (bicyclic) bond motifs is 1. The van der Waals surface area contributed by atoms with Gasteiger partial charge in [0, 0.05) is 40.0 Å². The van der Waals surface area contributed by atoms with Crippen molar-refractivity contribution in [1.82, 2.24) is 4.57 Å². The summed E-state index contributed by atoms with van der Waals surface area (Å²) >= 11 is 5.95. The Bertz CT molecular complexity index is 743. The average molecular weight is 316 g/mol. The first-order chi connectivity index (χ1) is 10.5. The van der Waals surface area contributed by atoms with E-state index in [1.165, 1.54) is 0 Å². The summed E-state index contributed by atoms with van der Waals surface area (Å²) < 4.78 is 2.12. The van der Waals surface area contributed by atoms with Crippen molar-refractivity contribution in [2.24, 2.45) is 5.92 Å². The summed E-state index contributed by atoms with van der Waals surface area (Å²) in [6.45, 7) is 3.55. The van der Waals surface area contributed by atoms with Crippen LogP contribution in [0.3, 0.4) is 0 Å². The van der Waals surface area contributed by atoms with Gasteiger partial charge in [-0.25, -0.2) is 0 Å². The van der Waals surface area contributed by atoms with E-state index in [9.17, 15) is 9.59 Å². The summed E-state index contributed by atoms with van der Waals surface area (Å²) in [4.78, 5) is 23.9. The van der Waals surface area contributed by atoms with Gasteiger partial charge in [0.1, 0.15) is 5.78 Å². The zero-order chi connectivity index (χ0) is 15.9. The Hall–Kier alpha value is -1.87. The van der Waals surface area contributed by atoms with E-state index < -0.39 is 0 Å². The van der Waals surface area contributed by atoms with E-state index in [4.69, 9.17) is 11.6 Å². The molecule has 0 aliphatic heterocycles. The van der Waals surface area contributed by atoms with E-state index in [2.05, 4.69) is 4.57 Å². The lowest BCUT2D eigenvalue weighted by Crippen LogP contribution is -2.24. The molecule has 0 bridgehead atoms. The first-order valence-electron chi connectivity index (χ1n) is 7.48. The molecule has 0 saturated carbocycles. The fourth-order valence-corrected chi connectivity index (χ4v) is 3.43. The van der Waals surface area contributed by atoms with Gasteiger partial charge in [-0.05, 0) is 57.0 Å². The first kappa shape index (κ1) is 15.0. The maximum atomic E-state index is 12.6. The van der Waals surface area contributed by atoms with Gasteiger partial charge >= 0.3 is 0 Å². The van der Waals surface area contributed by atoms with Crippen LogP contribution in [0.15, 0.2) is 30.3 Å². The molecule has 2 aromatic rings. The zero-order valence-electron chi connectivity index (χ0n) is 12.7. The fraction of sp³-hybridized carbons (Fsp3) is 0.333. The van der Waals surface area contributed by atoms with Crippen LogP contribution >= 0.6 is 11.6 Å². The van der Waals surface area contributed by atoms with Crippen molar-refractivity contribution in [2.45, 2.75) is 33.1 Å². The molecule has 0 amide bonds. The highest BCUT2D eigenvalue weighted by Gasteiger charge is 2.31. The number of carbonyl (C=O) groups excluding carboxylic acids is 2. The minimum Gasteiger partial charge on any atom is -0.317 e. The quantitative estimate of drug-likeness (QED) is 0.853. The minimum atomic E-state index is -0.162. The third-order valence-corrected chi connectivity index (χ3v) is 4.52. The smallest absolute Gasteiger partial charge is 0.168 e. The Balaban J connectivity index is 2.02. The van der Waals surface area contributed by atoms with Crippen LogP contribution < -0.4 is 0 Å². The maximum Gasteiger partial charge on any atom is 0.168 e. The molecule has 4 heteroatoms. The van der Waals surface area contributed by atoms with Gasteiger partial charge in [0.05, 0.1) is 0 Å². The second kappa shape index (κ2) is 5.73. The molecule has 0 radical (unpaired) electrons. The van der Waals surface area contributed by atoms with Gasteiger partial charge in [0.2, 0.25) is 0 Å². The first-order valence-corrected chi connectivity index (χ1v) is 7.86. The molecule has 22 heavy (non-hydrogen) atoms. The highest BCUT2D eigenvalue weighted by atomic mass is 35.5. The van der Waals surface area contributed by atoms with Gasteiger partial charge < -0.3 is 9.36 Å². The summed E-state index contributed by atoms with van der Waals surface area (Å²) in [5.41, 5.74) is 3.86. The van der Waals surface area contributed by atoms with Crippen LogP contribution in [0.2, 0.25) is 5.02 Å². The monoisotopic (exact) mass is 315 g/mol. The van der Waals surface area contributed by atoms with E-state index in [0.717, 1.165) is 35.5 Å². The minimum absolute atomic E-state index is 0.0793. The van der Waals surface area contributed by atoms with E-state index in [-0.39, 0.29) is 17.5 Å². The number of halogens is 1. The predicted molar refractivity (Wildman–Crippen MR) is 87.0 cm³/mol. The van der Waals surface area contributed by atoms with Crippen molar-refractivity contribution in [3.8, 4) is 5.69 Å². The molecule has 1 aliphatic carbocycles. The Morgan fingerprint density at radius 3 is 2.64 bits per heavy atom. The Morgan fingerprint density at radius 2 is 2.00 bits per heavy atom. The molecule has 1 heterocycles. The van der Waals surface area contributed by atoms with Crippen LogP contribution in [0.5, 0.6) is 0 Å². The van der Waals surface area contributed by atoms with E-state index >= 15 is 0 Å². The highest BCUT2D eigenvalue weighted by molar-refractivity contribution is 6.30. The number of aromatic nitrogens is 1. The SMILES string of the molecule is CC(=O)CC1CCc2c(cc(C)n2-c2ccc(Cl)cc2)C1=O. The van der Waals surface area contributed by atoms with Crippen molar-refractivity contribution >= 4 is 23.2 Å². The predicted octanol–water partition coefficient (Wildman–Crippen LogP) is 4.16. The number of hydrogen-bond donors (Lipinski definition) is 0. The number of rotatable bonds is 3. The molecule has 0 saturated heterocycles. The standard InChI is InChI=1S/C18H18ClNO2/c1-11-9-16-17(8-3-13(18(16)22)10-12(2)21)20(11)15-6-4-14(19)5-7-15/h4-7,9,13H,3,8,10H2,1-2H3. The Kier molecular flexibility index (Phi) is 3.92. The summed E-state index contributed by atoms with van der Waals surface area (Å²) in [6, 6.07) is 9.57. The summed E-state index contributed by atoms with van der Waals surface area (Å²) in [7, 11) is 0. The molecule has 1 aromatic heterocycles. The molecular formula is C18H18ClNO2. The lowest BCUT2D eigenvalue weighted by molar-refractivity contribution is -0.117. The fourth-order valence-electron chi connectivity index (χ4n) is 3.30. The van der Waals surface area contributed by atoms with Gasteiger partial charge in [-0.15, -0.1) is 0 Å². The summed E-state index contributed by atoms with van der Waals surface area (Å²) in [5, 5.41) is 0.694. The molecule has 3 rings (SSSR count). The van der Waals surface area contributed by atoms with E-state index in [0.29, 0.717) is 11.4 Å². The molecule has 0 fully saturated rings. The van der Waals surface area contributed by atoms with Crippen molar-refractivity contribution in [1.29, 1.82) is 0 Å². The lowest BCUT2D eigenvalue weighted by Gasteiger charge is -2.22. The zero-order valence-corrected chi connectivity index (χ0v) is 13.5. The molecule has 1 atom stereocenters. The molecule has 114 valence electrons. The molecule has 0 N–H and O–H groups in total. The third kappa shape index (κ3) is 2.61. The highest BCUT2D eigenvalue weighted by Crippen LogP contribution is 2.32. The van der Waals surface area contributed by atoms with Crippen LogP contribution in [-0.4, -0.2) is 16.1 Å².